The van der Waals surface area contributed by atoms with Crippen LogP contribution in [0.15, 0.2) is 12.4 Å². The van der Waals surface area contributed by atoms with Gasteiger partial charge in [-0.1, -0.05) is 0 Å². The standard InChI is InChI=1S/C12H20N4O3/c1-12(2,3)16(8-10(17)18)11(19)15(4)7-9-13-5-6-14-9/h5-6H,7-8H2,1-4H3,(H,13,14)(H,17,18). The number of nitrogens with zero attached hydrogens (tertiary/aromatic N) is 3. The highest BCUT2D eigenvalue weighted by Crippen LogP contribution is 2.15. The lowest BCUT2D eigenvalue weighted by atomic mass is 10.1. The van der Waals surface area contributed by atoms with Crippen molar-refractivity contribution < 1.29 is 14.7 Å². The molecule has 7 heteroatoms. The molecule has 2 amide bonds. The number of carbonyl (C=O) groups is 2. The lowest BCUT2D eigenvalue weighted by Crippen LogP contribution is -2.52. The maximum absolute atomic E-state index is 12.3. The molecule has 1 aromatic rings. The average molecular weight is 268 g/mol. The highest BCUT2D eigenvalue weighted by molar-refractivity contribution is 5.80. The molecule has 0 radical (unpaired) electrons. The molecule has 0 unspecified atom stereocenters. The number of hydrogen-bond acceptors (Lipinski definition) is 3. The van der Waals surface area contributed by atoms with Crippen molar-refractivity contribution in [2.45, 2.75) is 32.9 Å². The van der Waals surface area contributed by atoms with Crippen LogP contribution in [-0.2, 0) is 11.3 Å². The van der Waals surface area contributed by atoms with Gasteiger partial charge in [-0.15, -0.1) is 0 Å². The van der Waals surface area contributed by atoms with Gasteiger partial charge in [0.15, 0.2) is 0 Å². The number of carboxylic acids is 1. The van der Waals surface area contributed by atoms with Crippen molar-refractivity contribution in [1.82, 2.24) is 19.8 Å². The van der Waals surface area contributed by atoms with E-state index in [0.717, 1.165) is 0 Å². The third-order valence-corrected chi connectivity index (χ3v) is 2.60. The summed E-state index contributed by atoms with van der Waals surface area (Å²) in [6.07, 6.45) is 3.28. The van der Waals surface area contributed by atoms with E-state index >= 15 is 0 Å². The van der Waals surface area contributed by atoms with E-state index in [4.69, 9.17) is 5.11 Å². The van der Waals surface area contributed by atoms with Gasteiger partial charge in [0.25, 0.3) is 0 Å². The van der Waals surface area contributed by atoms with Crippen LogP contribution >= 0.6 is 0 Å². The Morgan fingerprint density at radius 3 is 2.47 bits per heavy atom. The highest BCUT2D eigenvalue weighted by Gasteiger charge is 2.30. The van der Waals surface area contributed by atoms with Gasteiger partial charge in [-0.05, 0) is 20.8 Å². The van der Waals surface area contributed by atoms with Gasteiger partial charge in [-0.25, -0.2) is 9.78 Å². The fraction of sp³-hybridized carbons (Fsp3) is 0.583. The Morgan fingerprint density at radius 1 is 1.42 bits per heavy atom. The van der Waals surface area contributed by atoms with Crippen molar-refractivity contribution in [3.63, 3.8) is 0 Å². The first-order valence-electron chi connectivity index (χ1n) is 5.94. The molecule has 0 aromatic carbocycles. The molecular formula is C12H20N4O3. The van der Waals surface area contributed by atoms with Crippen LogP contribution in [0.1, 0.15) is 26.6 Å². The van der Waals surface area contributed by atoms with Crippen molar-refractivity contribution in [3.05, 3.63) is 18.2 Å². The van der Waals surface area contributed by atoms with Crippen LogP contribution in [0.5, 0.6) is 0 Å². The number of imidazole rings is 1. The third kappa shape index (κ3) is 4.27. The maximum atomic E-state index is 12.3. The summed E-state index contributed by atoms with van der Waals surface area (Å²) in [7, 11) is 1.62. The summed E-state index contributed by atoms with van der Waals surface area (Å²) >= 11 is 0. The van der Waals surface area contributed by atoms with Crippen LogP contribution in [-0.4, -0.2) is 56.0 Å². The number of H-pyrrole nitrogens is 1. The first-order chi connectivity index (χ1) is 8.71. The first kappa shape index (κ1) is 15.0. The van der Waals surface area contributed by atoms with Gasteiger partial charge in [-0.2, -0.15) is 0 Å². The van der Waals surface area contributed by atoms with Crippen LogP contribution < -0.4 is 0 Å². The molecule has 1 heterocycles. The smallest absolute Gasteiger partial charge is 0.323 e. The summed E-state index contributed by atoms with van der Waals surface area (Å²) in [6, 6.07) is -0.341. The Hall–Kier alpha value is -2.05. The number of hydrogen-bond donors (Lipinski definition) is 2. The topological polar surface area (TPSA) is 89.5 Å². The number of carbonyl (C=O) groups excluding carboxylic acids is 1. The molecule has 0 saturated carbocycles. The van der Waals surface area contributed by atoms with Crippen LogP contribution in [0, 0.1) is 0 Å². The predicted molar refractivity (Wildman–Crippen MR) is 69.5 cm³/mol. The fourth-order valence-corrected chi connectivity index (χ4v) is 1.61. The van der Waals surface area contributed by atoms with E-state index in [9.17, 15) is 9.59 Å². The number of rotatable bonds is 4. The lowest BCUT2D eigenvalue weighted by molar-refractivity contribution is -0.138. The van der Waals surface area contributed by atoms with Gasteiger partial charge in [0.1, 0.15) is 12.4 Å². The summed E-state index contributed by atoms with van der Waals surface area (Å²) in [4.78, 5) is 32.9. The van der Waals surface area contributed by atoms with Gasteiger partial charge in [0, 0.05) is 25.0 Å². The molecule has 106 valence electrons. The summed E-state index contributed by atoms with van der Waals surface area (Å²) in [5.74, 6) is -0.380. The Morgan fingerprint density at radius 2 is 2.05 bits per heavy atom. The number of amides is 2. The minimum absolute atomic E-state index is 0.304. The zero-order valence-electron chi connectivity index (χ0n) is 11.7. The second-order valence-electron chi connectivity index (χ2n) is 5.33. The molecule has 0 aliphatic carbocycles. The summed E-state index contributed by atoms with van der Waals surface area (Å²) in [5.41, 5.74) is -0.563. The molecule has 0 bridgehead atoms. The highest BCUT2D eigenvalue weighted by atomic mass is 16.4. The van der Waals surface area contributed by atoms with Gasteiger partial charge in [-0.3, -0.25) is 4.79 Å². The van der Waals surface area contributed by atoms with E-state index in [0.29, 0.717) is 12.4 Å². The SMILES string of the molecule is CN(Cc1ncc[nH]1)C(=O)N(CC(=O)O)C(C)(C)C. The predicted octanol–water partition coefficient (Wildman–Crippen LogP) is 1.15. The van der Waals surface area contributed by atoms with E-state index in [1.165, 1.54) is 9.80 Å². The second-order valence-corrected chi connectivity index (χ2v) is 5.33. The molecule has 1 aromatic heterocycles. The van der Waals surface area contributed by atoms with E-state index in [1.54, 1.807) is 40.2 Å². The Balaban J connectivity index is 2.78. The monoisotopic (exact) mass is 268 g/mol. The summed E-state index contributed by atoms with van der Waals surface area (Å²) < 4.78 is 0. The Labute approximate surface area is 112 Å². The van der Waals surface area contributed by atoms with Crippen molar-refractivity contribution in [2.75, 3.05) is 13.6 Å². The van der Waals surface area contributed by atoms with E-state index < -0.39 is 11.5 Å². The number of aromatic amines is 1. The van der Waals surface area contributed by atoms with Crippen molar-refractivity contribution >= 4 is 12.0 Å². The molecular weight excluding hydrogens is 248 g/mol. The number of urea groups is 1. The normalized spacial score (nSPS) is 11.2. The minimum Gasteiger partial charge on any atom is -0.480 e. The van der Waals surface area contributed by atoms with E-state index in [1.807, 2.05) is 0 Å². The Bertz CT molecular complexity index is 436. The minimum atomic E-state index is -1.03. The first-order valence-corrected chi connectivity index (χ1v) is 5.94. The van der Waals surface area contributed by atoms with Crippen molar-refractivity contribution in [1.29, 1.82) is 0 Å². The number of aliphatic carboxylic acids is 1. The second kappa shape index (κ2) is 5.73. The molecule has 1 rings (SSSR count). The molecule has 19 heavy (non-hydrogen) atoms. The number of nitrogens with one attached hydrogen (secondary N) is 1. The van der Waals surface area contributed by atoms with Gasteiger partial charge in [0.2, 0.25) is 0 Å². The summed E-state index contributed by atoms with van der Waals surface area (Å²) in [6.45, 7) is 5.38. The molecule has 0 spiro atoms. The molecule has 0 aliphatic heterocycles. The molecule has 0 atom stereocenters. The van der Waals surface area contributed by atoms with Crippen molar-refractivity contribution in [3.8, 4) is 0 Å². The van der Waals surface area contributed by atoms with Gasteiger partial charge in [0.05, 0.1) is 6.54 Å². The van der Waals surface area contributed by atoms with Crippen LogP contribution in [0.2, 0.25) is 0 Å². The number of aromatic nitrogens is 2. The van der Waals surface area contributed by atoms with Gasteiger partial charge >= 0.3 is 12.0 Å². The third-order valence-electron chi connectivity index (χ3n) is 2.60. The van der Waals surface area contributed by atoms with Crippen LogP contribution in [0.4, 0.5) is 4.79 Å². The zero-order valence-corrected chi connectivity index (χ0v) is 11.7. The lowest BCUT2D eigenvalue weighted by Gasteiger charge is -2.37. The fourth-order valence-electron chi connectivity index (χ4n) is 1.61. The summed E-state index contributed by atoms with van der Waals surface area (Å²) in [5, 5.41) is 8.90. The van der Waals surface area contributed by atoms with Crippen LogP contribution in [0.3, 0.4) is 0 Å². The average Bonchev–Trinajstić information content (AvgIpc) is 2.75. The largest absolute Gasteiger partial charge is 0.480 e. The van der Waals surface area contributed by atoms with E-state index in [2.05, 4.69) is 9.97 Å². The molecule has 2 N–H and O–H groups in total. The maximum Gasteiger partial charge on any atom is 0.323 e. The Kier molecular flexibility index (Phi) is 4.52. The number of carboxylic acid groups (broad SMARTS) is 1. The van der Waals surface area contributed by atoms with E-state index in [-0.39, 0.29) is 12.6 Å². The molecule has 7 nitrogen and oxygen atoms in total. The van der Waals surface area contributed by atoms with Crippen LogP contribution in [0.25, 0.3) is 0 Å². The molecule has 0 saturated heterocycles. The molecule has 0 fully saturated rings. The van der Waals surface area contributed by atoms with Gasteiger partial charge < -0.3 is 19.9 Å². The molecule has 0 aliphatic rings. The van der Waals surface area contributed by atoms with Crippen molar-refractivity contribution in [2.24, 2.45) is 0 Å². The zero-order chi connectivity index (χ0) is 14.6. The quantitative estimate of drug-likeness (QED) is 0.857.